The van der Waals surface area contributed by atoms with Gasteiger partial charge in [0.2, 0.25) is 0 Å². The van der Waals surface area contributed by atoms with Crippen molar-refractivity contribution >= 4 is 12.1 Å². The number of hydrogen-bond acceptors (Lipinski definition) is 4. The van der Waals surface area contributed by atoms with Crippen LogP contribution in [0.25, 0.3) is 0 Å². The van der Waals surface area contributed by atoms with E-state index in [0.717, 1.165) is 25.3 Å². The molecular weight excluding hydrogens is 284 g/mol. The van der Waals surface area contributed by atoms with Crippen molar-refractivity contribution in [3.63, 3.8) is 0 Å². The minimum Gasteiger partial charge on any atom is -0.480 e. The Balaban J connectivity index is 1.89. The fourth-order valence-electron chi connectivity index (χ4n) is 3.20. The maximum Gasteiger partial charge on any atom is 0.407 e. The standard InChI is InChI=1S/C16H28N2O4/c1-16(2,3)22-15(21)17-13-7-12(6-11-4-5-11)8-18(9-13)10-14(19)20/h11-13H,4-10H2,1-3H3,(H,17,21)(H,19,20). The molecule has 0 spiro atoms. The molecular formula is C16H28N2O4. The molecule has 0 aromatic carbocycles. The third kappa shape index (κ3) is 6.22. The second-order valence-corrected chi connectivity index (χ2v) is 7.71. The zero-order valence-corrected chi connectivity index (χ0v) is 13.8. The summed E-state index contributed by atoms with van der Waals surface area (Å²) in [5.41, 5.74) is -0.521. The summed E-state index contributed by atoms with van der Waals surface area (Å²) in [4.78, 5) is 24.8. The summed E-state index contributed by atoms with van der Waals surface area (Å²) in [5, 5.41) is 11.9. The van der Waals surface area contributed by atoms with Crippen LogP contribution in [-0.2, 0) is 9.53 Å². The molecule has 2 atom stereocenters. The molecule has 1 saturated carbocycles. The number of carbonyl (C=O) groups is 2. The second-order valence-electron chi connectivity index (χ2n) is 7.71. The molecule has 2 fully saturated rings. The van der Waals surface area contributed by atoms with Gasteiger partial charge in [0.15, 0.2) is 0 Å². The van der Waals surface area contributed by atoms with Crippen molar-refractivity contribution in [1.82, 2.24) is 10.2 Å². The van der Waals surface area contributed by atoms with Crippen molar-refractivity contribution in [2.24, 2.45) is 11.8 Å². The first-order valence-corrected chi connectivity index (χ1v) is 8.15. The van der Waals surface area contributed by atoms with Gasteiger partial charge in [-0.25, -0.2) is 4.79 Å². The molecule has 0 radical (unpaired) electrons. The van der Waals surface area contributed by atoms with Crippen LogP contribution in [0.4, 0.5) is 4.79 Å². The molecule has 22 heavy (non-hydrogen) atoms. The van der Waals surface area contributed by atoms with Gasteiger partial charge in [0.25, 0.3) is 0 Å². The molecule has 0 aromatic rings. The molecule has 2 rings (SSSR count). The number of alkyl carbamates (subject to hydrolysis) is 1. The van der Waals surface area contributed by atoms with Crippen LogP contribution >= 0.6 is 0 Å². The largest absolute Gasteiger partial charge is 0.480 e. The predicted octanol–water partition coefficient (Wildman–Crippen LogP) is 2.09. The number of piperidine rings is 1. The van der Waals surface area contributed by atoms with E-state index in [-0.39, 0.29) is 12.6 Å². The lowest BCUT2D eigenvalue weighted by Gasteiger charge is -2.37. The maximum atomic E-state index is 11.9. The maximum absolute atomic E-state index is 11.9. The zero-order chi connectivity index (χ0) is 16.3. The molecule has 126 valence electrons. The van der Waals surface area contributed by atoms with Gasteiger partial charge in [-0.15, -0.1) is 0 Å². The highest BCUT2D eigenvalue weighted by Gasteiger charge is 2.33. The van der Waals surface area contributed by atoms with E-state index in [0.29, 0.717) is 12.5 Å². The number of hydrogen-bond donors (Lipinski definition) is 2. The molecule has 2 aliphatic rings. The Kier molecular flexibility index (Phi) is 5.32. The van der Waals surface area contributed by atoms with Crippen LogP contribution in [0, 0.1) is 11.8 Å². The lowest BCUT2D eigenvalue weighted by atomic mass is 9.89. The Morgan fingerprint density at radius 2 is 1.91 bits per heavy atom. The monoisotopic (exact) mass is 312 g/mol. The van der Waals surface area contributed by atoms with Crippen LogP contribution in [0.1, 0.15) is 46.5 Å². The van der Waals surface area contributed by atoms with Crippen molar-refractivity contribution in [3.8, 4) is 0 Å². The molecule has 0 bridgehead atoms. The number of ether oxygens (including phenoxy) is 1. The lowest BCUT2D eigenvalue weighted by Crippen LogP contribution is -2.52. The third-order valence-electron chi connectivity index (χ3n) is 4.06. The van der Waals surface area contributed by atoms with E-state index < -0.39 is 17.7 Å². The van der Waals surface area contributed by atoms with Crippen LogP contribution in [0.15, 0.2) is 0 Å². The summed E-state index contributed by atoms with van der Waals surface area (Å²) in [6, 6.07) is -0.0355. The topological polar surface area (TPSA) is 78.9 Å². The minimum atomic E-state index is -0.817. The Hall–Kier alpha value is -1.30. The molecule has 2 N–H and O–H groups in total. The fourth-order valence-corrected chi connectivity index (χ4v) is 3.20. The second kappa shape index (κ2) is 6.86. The third-order valence-corrected chi connectivity index (χ3v) is 4.06. The zero-order valence-electron chi connectivity index (χ0n) is 13.8. The van der Waals surface area contributed by atoms with E-state index in [4.69, 9.17) is 9.84 Å². The Morgan fingerprint density at radius 1 is 1.23 bits per heavy atom. The number of likely N-dealkylation sites (tertiary alicyclic amines) is 1. The number of amides is 1. The van der Waals surface area contributed by atoms with Crippen molar-refractivity contribution < 1.29 is 19.4 Å². The number of nitrogens with one attached hydrogen (secondary N) is 1. The van der Waals surface area contributed by atoms with Crippen molar-refractivity contribution in [3.05, 3.63) is 0 Å². The first-order chi connectivity index (χ1) is 10.2. The van der Waals surface area contributed by atoms with Crippen LogP contribution in [0.5, 0.6) is 0 Å². The average Bonchev–Trinajstić information content (AvgIpc) is 3.08. The van der Waals surface area contributed by atoms with E-state index in [1.165, 1.54) is 12.8 Å². The number of carboxylic acids is 1. The molecule has 2 unspecified atom stereocenters. The fraction of sp³-hybridized carbons (Fsp3) is 0.875. The van der Waals surface area contributed by atoms with Crippen LogP contribution in [0.2, 0.25) is 0 Å². The Bertz CT molecular complexity index is 415. The van der Waals surface area contributed by atoms with Crippen molar-refractivity contribution in [2.45, 2.75) is 58.1 Å². The smallest absolute Gasteiger partial charge is 0.407 e. The van der Waals surface area contributed by atoms with Gasteiger partial charge in [-0.2, -0.15) is 0 Å². The van der Waals surface area contributed by atoms with E-state index in [1.54, 1.807) is 0 Å². The summed E-state index contributed by atoms with van der Waals surface area (Å²) >= 11 is 0. The molecule has 1 amide bonds. The van der Waals surface area contributed by atoms with E-state index in [2.05, 4.69) is 5.32 Å². The van der Waals surface area contributed by atoms with E-state index in [1.807, 2.05) is 25.7 Å². The van der Waals surface area contributed by atoms with Gasteiger partial charge in [-0.05, 0) is 45.4 Å². The molecule has 6 heteroatoms. The lowest BCUT2D eigenvalue weighted by molar-refractivity contribution is -0.138. The molecule has 0 aromatic heterocycles. The summed E-state index contributed by atoms with van der Waals surface area (Å²) in [7, 11) is 0. The van der Waals surface area contributed by atoms with Gasteiger partial charge in [-0.3, -0.25) is 9.69 Å². The Morgan fingerprint density at radius 3 is 2.45 bits per heavy atom. The number of nitrogens with zero attached hydrogens (tertiary/aromatic N) is 1. The van der Waals surface area contributed by atoms with E-state index in [9.17, 15) is 9.59 Å². The van der Waals surface area contributed by atoms with Gasteiger partial charge in [0, 0.05) is 19.1 Å². The van der Waals surface area contributed by atoms with Gasteiger partial charge in [0.1, 0.15) is 5.60 Å². The van der Waals surface area contributed by atoms with Crippen molar-refractivity contribution in [1.29, 1.82) is 0 Å². The normalized spacial score (nSPS) is 26.5. The van der Waals surface area contributed by atoms with Gasteiger partial charge < -0.3 is 15.2 Å². The first kappa shape index (κ1) is 17.1. The number of carbonyl (C=O) groups excluding carboxylic acids is 1. The van der Waals surface area contributed by atoms with Gasteiger partial charge in [0.05, 0.1) is 6.54 Å². The number of aliphatic carboxylic acids is 1. The van der Waals surface area contributed by atoms with Crippen molar-refractivity contribution in [2.75, 3.05) is 19.6 Å². The summed E-state index contributed by atoms with van der Waals surface area (Å²) in [6.45, 7) is 6.93. The number of carboxylic acid groups (broad SMARTS) is 1. The molecule has 1 heterocycles. The van der Waals surface area contributed by atoms with Gasteiger partial charge >= 0.3 is 12.1 Å². The Labute approximate surface area is 132 Å². The first-order valence-electron chi connectivity index (χ1n) is 8.15. The van der Waals surface area contributed by atoms with E-state index >= 15 is 0 Å². The van der Waals surface area contributed by atoms with Crippen LogP contribution in [0.3, 0.4) is 0 Å². The molecule has 1 saturated heterocycles. The molecule has 1 aliphatic heterocycles. The highest BCUT2D eigenvalue weighted by Crippen LogP contribution is 2.37. The SMILES string of the molecule is CC(C)(C)OC(=O)NC1CC(CC2CC2)CN(CC(=O)O)C1. The van der Waals surface area contributed by atoms with Gasteiger partial charge in [-0.1, -0.05) is 12.8 Å². The molecule has 1 aliphatic carbocycles. The highest BCUT2D eigenvalue weighted by atomic mass is 16.6. The van der Waals surface area contributed by atoms with Crippen LogP contribution in [-0.4, -0.2) is 53.3 Å². The van der Waals surface area contributed by atoms with Crippen LogP contribution < -0.4 is 5.32 Å². The summed E-state index contributed by atoms with van der Waals surface area (Å²) in [5.74, 6) is 0.445. The average molecular weight is 312 g/mol. The summed E-state index contributed by atoms with van der Waals surface area (Å²) in [6.07, 6.45) is 4.22. The highest BCUT2D eigenvalue weighted by molar-refractivity contribution is 5.69. The molecule has 6 nitrogen and oxygen atoms in total. The predicted molar refractivity (Wildman–Crippen MR) is 82.7 cm³/mol. The summed E-state index contributed by atoms with van der Waals surface area (Å²) < 4.78 is 5.30. The minimum absolute atomic E-state index is 0.0354. The quantitative estimate of drug-likeness (QED) is 0.812. The number of rotatable bonds is 5.